The van der Waals surface area contributed by atoms with Crippen molar-refractivity contribution in [2.24, 2.45) is 17.6 Å². The molecular weight excluding hydrogens is 480 g/mol. The van der Waals surface area contributed by atoms with Crippen LogP contribution in [0.1, 0.15) is 76.4 Å². The van der Waals surface area contributed by atoms with Gasteiger partial charge in [-0.2, -0.15) is 0 Å². The Morgan fingerprint density at radius 2 is 2.00 bits per heavy atom. The first-order valence-corrected chi connectivity index (χ1v) is 13.9. The molecule has 4 atom stereocenters. The van der Waals surface area contributed by atoms with E-state index in [1.807, 2.05) is 29.2 Å². The van der Waals surface area contributed by atoms with Gasteiger partial charge in [-0.15, -0.1) is 0 Å². The molecule has 0 radical (unpaired) electrons. The van der Waals surface area contributed by atoms with Crippen LogP contribution in [-0.4, -0.2) is 60.5 Å². The maximum Gasteiger partial charge on any atom is 0.404 e. The zero-order chi connectivity index (χ0) is 25.9. The molecule has 3 rings (SSSR count). The van der Waals surface area contributed by atoms with Crippen LogP contribution in [0.25, 0.3) is 0 Å². The van der Waals surface area contributed by atoms with Crippen molar-refractivity contribution in [3.05, 3.63) is 34.9 Å². The van der Waals surface area contributed by atoms with E-state index in [0.717, 1.165) is 31.2 Å². The summed E-state index contributed by atoms with van der Waals surface area (Å²) in [6, 6.07) is 7.43. The minimum absolute atomic E-state index is 0.0203. The Bertz CT molecular complexity index is 836. The van der Waals surface area contributed by atoms with E-state index in [-0.39, 0.29) is 43.3 Å². The summed E-state index contributed by atoms with van der Waals surface area (Å²) < 4.78 is 6.18. The number of nitrogens with one attached hydrogen (secondary N) is 2. The number of carbonyl (C=O) groups excluding carboxylic acids is 1. The first-order chi connectivity index (χ1) is 17.4. The van der Waals surface area contributed by atoms with Crippen molar-refractivity contribution in [3.63, 3.8) is 0 Å². The van der Waals surface area contributed by atoms with E-state index in [0.29, 0.717) is 24.0 Å². The topological polar surface area (TPSA) is 117 Å². The van der Waals surface area contributed by atoms with Gasteiger partial charge in [-0.3, -0.25) is 0 Å². The van der Waals surface area contributed by atoms with Crippen LogP contribution in [0.3, 0.4) is 0 Å². The lowest BCUT2D eigenvalue weighted by atomic mass is 9.83. The number of carboxylic acid groups (broad SMARTS) is 1. The van der Waals surface area contributed by atoms with Crippen molar-refractivity contribution in [1.29, 1.82) is 0 Å². The summed E-state index contributed by atoms with van der Waals surface area (Å²) in [5.41, 5.74) is 7.39. The maximum atomic E-state index is 13.4. The fraction of sp³-hybridized carbons (Fsp3) is 0.704. The molecule has 202 valence electrons. The van der Waals surface area contributed by atoms with Gasteiger partial charge in [0.15, 0.2) is 0 Å². The van der Waals surface area contributed by atoms with Crippen molar-refractivity contribution in [2.45, 2.75) is 82.9 Å². The number of amides is 3. The van der Waals surface area contributed by atoms with E-state index in [9.17, 15) is 9.59 Å². The number of urea groups is 1. The van der Waals surface area contributed by atoms with Crippen molar-refractivity contribution >= 4 is 23.7 Å². The molecule has 1 saturated heterocycles. The Morgan fingerprint density at radius 1 is 1.22 bits per heavy atom. The van der Waals surface area contributed by atoms with Gasteiger partial charge in [0.25, 0.3) is 0 Å². The lowest BCUT2D eigenvalue weighted by molar-refractivity contribution is -0.00856. The zero-order valence-electron chi connectivity index (χ0n) is 21.5. The molecule has 0 bridgehead atoms. The third kappa shape index (κ3) is 8.82. The molecule has 0 aromatic heterocycles. The molecule has 8 nitrogen and oxygen atoms in total. The van der Waals surface area contributed by atoms with E-state index in [2.05, 4.69) is 17.6 Å². The molecule has 4 unspecified atom stereocenters. The van der Waals surface area contributed by atoms with Crippen molar-refractivity contribution < 1.29 is 19.4 Å². The summed E-state index contributed by atoms with van der Waals surface area (Å²) in [5, 5.41) is 15.1. The molecule has 1 aliphatic carbocycles. The Morgan fingerprint density at radius 3 is 2.69 bits per heavy atom. The van der Waals surface area contributed by atoms with E-state index >= 15 is 0 Å². The molecule has 2 aliphatic rings. The molecule has 1 heterocycles. The summed E-state index contributed by atoms with van der Waals surface area (Å²) in [4.78, 5) is 26.1. The highest BCUT2D eigenvalue weighted by molar-refractivity contribution is 6.30. The Balaban J connectivity index is 1.65. The second kappa shape index (κ2) is 14.6. The molecule has 36 heavy (non-hydrogen) atoms. The maximum absolute atomic E-state index is 13.4. The van der Waals surface area contributed by atoms with Crippen molar-refractivity contribution in [1.82, 2.24) is 15.5 Å². The van der Waals surface area contributed by atoms with Gasteiger partial charge in [-0.25, -0.2) is 9.59 Å². The predicted octanol–water partition coefficient (Wildman–Crippen LogP) is 5.16. The summed E-state index contributed by atoms with van der Waals surface area (Å²) in [6.07, 6.45) is 8.50. The van der Waals surface area contributed by atoms with Gasteiger partial charge in [0.1, 0.15) is 0 Å². The van der Waals surface area contributed by atoms with E-state index in [4.69, 9.17) is 27.2 Å². The molecular formula is C27H43ClN4O4. The van der Waals surface area contributed by atoms with Crippen LogP contribution in [0.15, 0.2) is 24.3 Å². The van der Waals surface area contributed by atoms with Crippen LogP contribution in [0.4, 0.5) is 9.59 Å². The third-order valence-corrected chi connectivity index (χ3v) is 7.87. The Kier molecular flexibility index (Phi) is 11.6. The first kappa shape index (κ1) is 28.5. The number of rotatable bonds is 11. The zero-order valence-corrected chi connectivity index (χ0v) is 22.2. The van der Waals surface area contributed by atoms with Crippen LogP contribution in [0, 0.1) is 11.8 Å². The van der Waals surface area contributed by atoms with Gasteiger partial charge in [0, 0.05) is 42.7 Å². The molecule has 9 heteroatoms. The third-order valence-electron chi connectivity index (χ3n) is 7.64. The van der Waals surface area contributed by atoms with Crippen LogP contribution < -0.4 is 16.4 Å². The van der Waals surface area contributed by atoms with Gasteiger partial charge in [-0.1, -0.05) is 62.8 Å². The SMILES string of the molecule is CCC(N)C(CC1CCCCC1)NC(=O)N1CCCC(C(OCCNC(=O)O)c2cccc(Cl)c2)C1. The monoisotopic (exact) mass is 522 g/mol. The number of carbonyl (C=O) groups is 2. The summed E-state index contributed by atoms with van der Waals surface area (Å²) in [5.74, 6) is 0.709. The van der Waals surface area contributed by atoms with Crippen LogP contribution in [0.2, 0.25) is 5.02 Å². The average Bonchev–Trinajstić information content (AvgIpc) is 2.88. The van der Waals surface area contributed by atoms with Gasteiger partial charge < -0.3 is 31.1 Å². The number of nitrogens with two attached hydrogens (primary N) is 1. The second-order valence-corrected chi connectivity index (χ2v) is 10.7. The number of halogens is 1. The summed E-state index contributed by atoms with van der Waals surface area (Å²) in [7, 11) is 0. The molecule has 1 aromatic rings. The Labute approximate surface area is 220 Å². The van der Waals surface area contributed by atoms with Gasteiger partial charge in [-0.05, 0) is 49.3 Å². The number of likely N-dealkylation sites (tertiary alicyclic amines) is 1. The molecule has 2 fully saturated rings. The number of benzene rings is 1. The van der Waals surface area contributed by atoms with Crippen LogP contribution in [0.5, 0.6) is 0 Å². The molecule has 3 amide bonds. The highest BCUT2D eigenvalue weighted by Crippen LogP contribution is 2.34. The quantitative estimate of drug-likeness (QED) is 0.299. The van der Waals surface area contributed by atoms with Crippen molar-refractivity contribution in [3.8, 4) is 0 Å². The van der Waals surface area contributed by atoms with Gasteiger partial charge in [0.05, 0.1) is 12.7 Å². The second-order valence-electron chi connectivity index (χ2n) is 10.3. The highest BCUT2D eigenvalue weighted by Gasteiger charge is 2.33. The Hall–Kier alpha value is -2.03. The number of ether oxygens (including phenoxy) is 1. The van der Waals surface area contributed by atoms with Crippen molar-refractivity contribution in [2.75, 3.05) is 26.2 Å². The van der Waals surface area contributed by atoms with Crippen LogP contribution in [-0.2, 0) is 4.74 Å². The standard InChI is InChI=1S/C27H43ClN4O4/c1-2-23(29)24(16-19-8-4-3-5-9-19)31-26(33)32-14-7-11-21(18-32)25(36-15-13-30-27(34)35)20-10-6-12-22(28)17-20/h6,10,12,17,19,21,23-25,30H,2-5,7-9,11,13-16,18,29H2,1H3,(H,31,33)(H,34,35). The lowest BCUT2D eigenvalue weighted by Gasteiger charge is -2.38. The number of hydrogen-bond donors (Lipinski definition) is 4. The molecule has 1 aromatic carbocycles. The number of nitrogens with zero attached hydrogens (tertiary/aromatic N) is 1. The molecule has 5 N–H and O–H groups in total. The average molecular weight is 523 g/mol. The van der Waals surface area contributed by atoms with Gasteiger partial charge >= 0.3 is 12.1 Å². The predicted molar refractivity (Wildman–Crippen MR) is 142 cm³/mol. The van der Waals surface area contributed by atoms with E-state index in [1.165, 1.54) is 32.1 Å². The number of hydrogen-bond acceptors (Lipinski definition) is 4. The fourth-order valence-electron chi connectivity index (χ4n) is 5.63. The minimum atomic E-state index is -1.08. The summed E-state index contributed by atoms with van der Waals surface area (Å²) in [6.45, 7) is 3.77. The van der Waals surface area contributed by atoms with E-state index in [1.54, 1.807) is 0 Å². The van der Waals surface area contributed by atoms with E-state index < -0.39 is 6.09 Å². The number of piperidine rings is 1. The smallest absolute Gasteiger partial charge is 0.404 e. The first-order valence-electron chi connectivity index (χ1n) is 13.5. The minimum Gasteiger partial charge on any atom is -0.465 e. The van der Waals surface area contributed by atoms with Crippen LogP contribution >= 0.6 is 11.6 Å². The fourth-order valence-corrected chi connectivity index (χ4v) is 5.83. The molecule has 0 spiro atoms. The van der Waals surface area contributed by atoms with Gasteiger partial charge in [0.2, 0.25) is 0 Å². The lowest BCUT2D eigenvalue weighted by Crippen LogP contribution is -2.54. The summed E-state index contributed by atoms with van der Waals surface area (Å²) >= 11 is 6.26. The largest absolute Gasteiger partial charge is 0.465 e. The molecule has 1 aliphatic heterocycles. The highest BCUT2D eigenvalue weighted by atomic mass is 35.5. The normalized spacial score (nSPS) is 21.4. The molecule has 1 saturated carbocycles.